The molecule has 0 radical (unpaired) electrons. The van der Waals surface area contributed by atoms with Crippen molar-refractivity contribution in [3.8, 4) is 0 Å². The molecule has 3 amide bonds. The lowest BCUT2D eigenvalue weighted by molar-refractivity contribution is -0.161. The Balaban J connectivity index is 1.82. The number of unbranched alkanes of at least 4 members (excludes halogenated alkanes) is 1. The van der Waals surface area contributed by atoms with E-state index < -0.39 is 17.9 Å². The van der Waals surface area contributed by atoms with Crippen LogP contribution in [0.15, 0.2) is 30.3 Å². The zero-order valence-electron chi connectivity index (χ0n) is 14.7. The minimum Gasteiger partial charge on any atom is -0.340 e. The first-order chi connectivity index (χ1) is 12.1. The minimum absolute atomic E-state index is 0.0828. The average molecular weight is 343 g/mol. The lowest BCUT2D eigenvalue weighted by atomic mass is 10.0. The molecular weight excluding hydrogens is 318 g/mol. The highest BCUT2D eigenvalue weighted by atomic mass is 16.2. The fourth-order valence-corrected chi connectivity index (χ4v) is 3.30. The maximum Gasteiger partial charge on any atom is 0.313 e. The normalized spacial score (nSPS) is 19.0. The van der Waals surface area contributed by atoms with Gasteiger partial charge in [0.25, 0.3) is 0 Å². The first-order valence-corrected chi connectivity index (χ1v) is 9.07. The van der Waals surface area contributed by atoms with Crippen molar-refractivity contribution in [1.29, 1.82) is 0 Å². The van der Waals surface area contributed by atoms with E-state index in [0.29, 0.717) is 19.6 Å². The van der Waals surface area contributed by atoms with E-state index in [9.17, 15) is 14.4 Å². The number of amides is 3. The van der Waals surface area contributed by atoms with Gasteiger partial charge in [0.15, 0.2) is 0 Å². The Kier molecular flexibility index (Phi) is 5.36. The van der Waals surface area contributed by atoms with Crippen LogP contribution >= 0.6 is 0 Å². The van der Waals surface area contributed by atoms with Gasteiger partial charge in [0.05, 0.1) is 0 Å². The number of carbonyl (C=O) groups is 3. The predicted octanol–water partition coefficient (Wildman–Crippen LogP) is 1.43. The quantitative estimate of drug-likeness (QED) is 0.734. The maximum absolute atomic E-state index is 12.9. The van der Waals surface area contributed by atoms with E-state index in [1.54, 1.807) is 9.80 Å². The molecule has 6 nitrogen and oxygen atoms in total. The van der Waals surface area contributed by atoms with Crippen LogP contribution in [-0.4, -0.2) is 65.1 Å². The first-order valence-electron chi connectivity index (χ1n) is 9.07. The molecule has 134 valence electrons. The molecule has 0 unspecified atom stereocenters. The van der Waals surface area contributed by atoms with Gasteiger partial charge in [-0.2, -0.15) is 0 Å². The summed E-state index contributed by atoms with van der Waals surface area (Å²) in [6, 6.07) is 8.59. The summed E-state index contributed by atoms with van der Waals surface area (Å²) < 4.78 is 0. The van der Waals surface area contributed by atoms with Crippen molar-refractivity contribution in [2.24, 2.45) is 0 Å². The summed E-state index contributed by atoms with van der Waals surface area (Å²) >= 11 is 0. The largest absolute Gasteiger partial charge is 0.340 e. The number of hydrogen-bond donors (Lipinski definition) is 0. The molecule has 1 atom stereocenters. The van der Waals surface area contributed by atoms with Gasteiger partial charge in [-0.25, -0.2) is 0 Å². The van der Waals surface area contributed by atoms with Crippen LogP contribution in [0.3, 0.4) is 0 Å². The third-order valence-electron chi connectivity index (χ3n) is 4.95. The van der Waals surface area contributed by atoms with E-state index in [2.05, 4.69) is 6.92 Å². The molecule has 2 fully saturated rings. The van der Waals surface area contributed by atoms with Gasteiger partial charge in [-0.05, 0) is 18.4 Å². The van der Waals surface area contributed by atoms with E-state index in [4.69, 9.17) is 0 Å². The number of hydrogen-bond acceptors (Lipinski definition) is 3. The summed E-state index contributed by atoms with van der Waals surface area (Å²) in [4.78, 5) is 42.9. The molecule has 2 aliphatic heterocycles. The molecule has 2 saturated heterocycles. The summed E-state index contributed by atoms with van der Waals surface area (Å²) in [7, 11) is 0. The molecule has 2 heterocycles. The van der Waals surface area contributed by atoms with Crippen LogP contribution in [-0.2, 0) is 14.4 Å². The van der Waals surface area contributed by atoms with Gasteiger partial charge in [-0.15, -0.1) is 0 Å². The number of piperazine rings is 1. The Hall–Kier alpha value is -2.37. The molecule has 1 aromatic carbocycles. The van der Waals surface area contributed by atoms with E-state index in [0.717, 1.165) is 37.9 Å². The van der Waals surface area contributed by atoms with E-state index >= 15 is 0 Å². The number of likely N-dealkylation sites (tertiary alicyclic amines) is 1. The molecule has 25 heavy (non-hydrogen) atoms. The van der Waals surface area contributed by atoms with Crippen LogP contribution in [0.4, 0.5) is 0 Å². The summed E-state index contributed by atoms with van der Waals surface area (Å²) in [5.74, 6) is -1.14. The average Bonchev–Trinajstić information content (AvgIpc) is 2.57. The van der Waals surface area contributed by atoms with Crippen molar-refractivity contribution in [3.63, 3.8) is 0 Å². The SMILES string of the molecule is CCCCN1CCN([C@@H](C(=O)N2CCC2)c2ccccc2)C(=O)C1=O. The molecule has 0 N–H and O–H groups in total. The lowest BCUT2D eigenvalue weighted by Gasteiger charge is -2.41. The molecule has 3 rings (SSSR count). The summed E-state index contributed by atoms with van der Waals surface area (Å²) in [6.45, 7) is 4.99. The van der Waals surface area contributed by atoms with Crippen molar-refractivity contribution < 1.29 is 14.4 Å². The molecule has 0 saturated carbocycles. The molecule has 0 bridgehead atoms. The summed E-state index contributed by atoms with van der Waals surface area (Å²) in [6.07, 6.45) is 2.85. The Morgan fingerprint density at radius 2 is 1.76 bits per heavy atom. The Morgan fingerprint density at radius 1 is 1.04 bits per heavy atom. The van der Waals surface area contributed by atoms with E-state index in [1.165, 1.54) is 4.90 Å². The van der Waals surface area contributed by atoms with Crippen LogP contribution < -0.4 is 0 Å². The van der Waals surface area contributed by atoms with Crippen molar-refractivity contribution in [3.05, 3.63) is 35.9 Å². The molecule has 0 spiro atoms. The Bertz CT molecular complexity index is 643. The highest BCUT2D eigenvalue weighted by Gasteiger charge is 2.41. The highest BCUT2D eigenvalue weighted by molar-refractivity contribution is 6.35. The first kappa shape index (κ1) is 17.5. The number of benzene rings is 1. The zero-order valence-corrected chi connectivity index (χ0v) is 14.7. The molecular formula is C19H25N3O3. The molecule has 1 aromatic rings. The second-order valence-corrected chi connectivity index (χ2v) is 6.64. The van der Waals surface area contributed by atoms with Crippen molar-refractivity contribution in [1.82, 2.24) is 14.7 Å². The van der Waals surface area contributed by atoms with Gasteiger partial charge >= 0.3 is 11.8 Å². The fraction of sp³-hybridized carbons (Fsp3) is 0.526. The van der Waals surface area contributed by atoms with Crippen molar-refractivity contribution >= 4 is 17.7 Å². The van der Waals surface area contributed by atoms with Gasteiger partial charge in [0.2, 0.25) is 5.91 Å². The minimum atomic E-state index is -0.703. The maximum atomic E-state index is 12.9. The van der Waals surface area contributed by atoms with Gasteiger partial charge in [0.1, 0.15) is 6.04 Å². The van der Waals surface area contributed by atoms with Crippen LogP contribution in [0.25, 0.3) is 0 Å². The third kappa shape index (κ3) is 3.52. The van der Waals surface area contributed by atoms with E-state index in [1.807, 2.05) is 30.3 Å². The van der Waals surface area contributed by atoms with Crippen LogP contribution in [0, 0.1) is 0 Å². The number of nitrogens with zero attached hydrogens (tertiary/aromatic N) is 3. The molecule has 2 aliphatic rings. The van der Waals surface area contributed by atoms with E-state index in [-0.39, 0.29) is 5.91 Å². The highest BCUT2D eigenvalue weighted by Crippen LogP contribution is 2.27. The number of rotatable bonds is 6. The zero-order chi connectivity index (χ0) is 17.8. The van der Waals surface area contributed by atoms with Gasteiger partial charge < -0.3 is 14.7 Å². The van der Waals surface area contributed by atoms with Crippen molar-refractivity contribution in [2.75, 3.05) is 32.7 Å². The third-order valence-corrected chi connectivity index (χ3v) is 4.95. The smallest absolute Gasteiger partial charge is 0.313 e. The number of carbonyl (C=O) groups excluding carboxylic acids is 3. The van der Waals surface area contributed by atoms with Crippen LogP contribution in [0.1, 0.15) is 37.8 Å². The topological polar surface area (TPSA) is 60.9 Å². The van der Waals surface area contributed by atoms with Crippen molar-refractivity contribution in [2.45, 2.75) is 32.2 Å². The van der Waals surface area contributed by atoms with Gasteiger partial charge in [-0.1, -0.05) is 43.7 Å². The van der Waals surface area contributed by atoms with Crippen LogP contribution in [0.5, 0.6) is 0 Å². The fourth-order valence-electron chi connectivity index (χ4n) is 3.30. The monoisotopic (exact) mass is 343 g/mol. The summed E-state index contributed by atoms with van der Waals surface area (Å²) in [5, 5.41) is 0. The molecule has 0 aliphatic carbocycles. The van der Waals surface area contributed by atoms with Crippen LogP contribution in [0.2, 0.25) is 0 Å². The Morgan fingerprint density at radius 3 is 2.36 bits per heavy atom. The second kappa shape index (κ2) is 7.68. The molecule has 0 aromatic heterocycles. The predicted molar refractivity (Wildman–Crippen MR) is 93.6 cm³/mol. The summed E-state index contributed by atoms with van der Waals surface area (Å²) in [5.41, 5.74) is 0.766. The van der Waals surface area contributed by atoms with Gasteiger partial charge in [0, 0.05) is 32.7 Å². The standard InChI is InChI=1S/C19H25N3O3/c1-2-3-10-21-13-14-22(19(25)18(21)24)16(15-8-5-4-6-9-15)17(23)20-11-7-12-20/h4-6,8-9,16H,2-3,7,10-14H2,1H3/t16-/m1/s1. The molecule has 6 heteroatoms. The lowest BCUT2D eigenvalue weighted by Crippen LogP contribution is -2.58. The second-order valence-electron chi connectivity index (χ2n) is 6.64. The van der Waals surface area contributed by atoms with Gasteiger partial charge in [-0.3, -0.25) is 14.4 Å². The Labute approximate surface area is 148 Å².